The summed E-state index contributed by atoms with van der Waals surface area (Å²) in [5.74, 6) is -0.0646. The molecule has 0 heterocycles. The summed E-state index contributed by atoms with van der Waals surface area (Å²) < 4.78 is 31.1. The highest BCUT2D eigenvalue weighted by atomic mass is 35.5. The molecule has 2 aromatic rings. The molecular formula is C16H18ClNO3S. The molecular weight excluding hydrogens is 322 g/mol. The molecule has 0 unspecified atom stereocenters. The summed E-state index contributed by atoms with van der Waals surface area (Å²) in [6, 6.07) is 15.0. The Labute approximate surface area is 136 Å². The van der Waals surface area contributed by atoms with Crippen molar-refractivity contribution in [2.75, 3.05) is 24.2 Å². The quantitative estimate of drug-likeness (QED) is 0.842. The van der Waals surface area contributed by atoms with E-state index in [1.54, 1.807) is 6.07 Å². The van der Waals surface area contributed by atoms with E-state index in [-0.39, 0.29) is 12.4 Å². The second-order valence-electron chi connectivity index (χ2n) is 4.92. The van der Waals surface area contributed by atoms with Crippen LogP contribution < -0.4 is 4.72 Å². The van der Waals surface area contributed by atoms with Gasteiger partial charge in [0.1, 0.15) is 0 Å². The lowest BCUT2D eigenvalue weighted by Gasteiger charge is -2.09. The number of nitrogens with one attached hydrogen (secondary N) is 1. The second kappa shape index (κ2) is 7.63. The van der Waals surface area contributed by atoms with E-state index in [1.807, 2.05) is 42.5 Å². The van der Waals surface area contributed by atoms with Crippen LogP contribution in [0.2, 0.25) is 5.02 Å². The topological polar surface area (TPSA) is 55.4 Å². The number of hydrogen-bond donors (Lipinski definition) is 1. The molecule has 0 fully saturated rings. The number of methoxy groups -OCH3 is 1. The van der Waals surface area contributed by atoms with Crippen LogP contribution >= 0.6 is 11.6 Å². The van der Waals surface area contributed by atoms with Gasteiger partial charge in [-0.15, -0.1) is 0 Å². The van der Waals surface area contributed by atoms with Gasteiger partial charge in [-0.05, 0) is 41.8 Å². The highest BCUT2D eigenvalue weighted by molar-refractivity contribution is 7.92. The van der Waals surface area contributed by atoms with Crippen molar-refractivity contribution in [1.82, 2.24) is 0 Å². The van der Waals surface area contributed by atoms with E-state index in [0.29, 0.717) is 17.1 Å². The lowest BCUT2D eigenvalue weighted by molar-refractivity contribution is 0.217. The first-order valence-corrected chi connectivity index (χ1v) is 8.84. The van der Waals surface area contributed by atoms with Crippen LogP contribution in [0.4, 0.5) is 5.69 Å². The largest absolute Gasteiger partial charge is 0.384 e. The highest BCUT2D eigenvalue weighted by Crippen LogP contribution is 2.17. The van der Waals surface area contributed by atoms with Gasteiger partial charge in [0.05, 0.1) is 12.4 Å². The Kier molecular flexibility index (Phi) is 5.83. The maximum atomic E-state index is 11.9. The molecule has 0 radical (unpaired) electrons. The predicted octanol–water partition coefficient (Wildman–Crippen LogP) is 3.32. The van der Waals surface area contributed by atoms with Crippen LogP contribution in [-0.2, 0) is 21.2 Å². The van der Waals surface area contributed by atoms with Gasteiger partial charge in [-0.25, -0.2) is 8.42 Å². The standard InChI is InChI=1S/C16H18ClNO3S/c1-21-9-10-22(19,20)18-16-4-2-3-14(12-16)11-13-5-7-15(17)8-6-13/h2-8,12,18H,9-11H2,1H3. The Morgan fingerprint density at radius 3 is 2.50 bits per heavy atom. The van der Waals surface area contributed by atoms with Crippen LogP contribution in [0.1, 0.15) is 11.1 Å². The van der Waals surface area contributed by atoms with Crippen molar-refractivity contribution in [1.29, 1.82) is 0 Å². The van der Waals surface area contributed by atoms with Gasteiger partial charge in [0.25, 0.3) is 0 Å². The molecule has 0 bridgehead atoms. The minimum atomic E-state index is -3.38. The van der Waals surface area contributed by atoms with Crippen LogP contribution in [0.15, 0.2) is 48.5 Å². The molecule has 4 nitrogen and oxygen atoms in total. The van der Waals surface area contributed by atoms with E-state index in [9.17, 15) is 8.42 Å². The Morgan fingerprint density at radius 2 is 1.82 bits per heavy atom. The number of rotatable bonds is 7. The first kappa shape index (κ1) is 16.8. The average Bonchev–Trinajstić information content (AvgIpc) is 2.48. The Balaban J connectivity index is 2.08. The van der Waals surface area contributed by atoms with Crippen molar-refractivity contribution in [3.05, 3.63) is 64.7 Å². The van der Waals surface area contributed by atoms with Gasteiger partial charge in [0, 0.05) is 17.8 Å². The predicted molar refractivity (Wildman–Crippen MR) is 90.0 cm³/mol. The molecule has 0 atom stereocenters. The normalized spacial score (nSPS) is 11.4. The smallest absolute Gasteiger partial charge is 0.234 e. The van der Waals surface area contributed by atoms with E-state index >= 15 is 0 Å². The van der Waals surface area contributed by atoms with Crippen LogP contribution in [-0.4, -0.2) is 27.9 Å². The van der Waals surface area contributed by atoms with Crippen molar-refractivity contribution < 1.29 is 13.2 Å². The number of benzene rings is 2. The van der Waals surface area contributed by atoms with Crippen molar-refractivity contribution >= 4 is 27.3 Å². The third kappa shape index (κ3) is 5.33. The van der Waals surface area contributed by atoms with E-state index in [0.717, 1.165) is 11.1 Å². The Hall–Kier alpha value is -1.56. The summed E-state index contributed by atoms with van der Waals surface area (Å²) in [5, 5.41) is 0.698. The first-order valence-electron chi connectivity index (χ1n) is 6.81. The van der Waals surface area contributed by atoms with Crippen molar-refractivity contribution in [3.63, 3.8) is 0 Å². The van der Waals surface area contributed by atoms with Crippen molar-refractivity contribution in [3.8, 4) is 0 Å². The molecule has 22 heavy (non-hydrogen) atoms. The zero-order chi connectivity index (χ0) is 16.0. The average molecular weight is 340 g/mol. The molecule has 0 aliphatic heterocycles. The van der Waals surface area contributed by atoms with Crippen LogP contribution in [0.5, 0.6) is 0 Å². The molecule has 0 saturated heterocycles. The lowest BCUT2D eigenvalue weighted by atomic mass is 10.0. The minimum absolute atomic E-state index is 0.0646. The van der Waals surface area contributed by atoms with E-state index in [2.05, 4.69) is 4.72 Å². The van der Waals surface area contributed by atoms with Gasteiger partial charge >= 0.3 is 0 Å². The lowest BCUT2D eigenvalue weighted by Crippen LogP contribution is -2.19. The van der Waals surface area contributed by atoms with Gasteiger partial charge in [-0.1, -0.05) is 35.9 Å². The Bertz CT molecular complexity index is 714. The van der Waals surface area contributed by atoms with E-state index < -0.39 is 10.0 Å². The summed E-state index contributed by atoms with van der Waals surface area (Å²) in [4.78, 5) is 0. The minimum Gasteiger partial charge on any atom is -0.384 e. The summed E-state index contributed by atoms with van der Waals surface area (Å²) in [6.45, 7) is 0.166. The molecule has 6 heteroatoms. The van der Waals surface area contributed by atoms with Gasteiger partial charge in [-0.2, -0.15) is 0 Å². The van der Waals surface area contributed by atoms with Gasteiger partial charge in [-0.3, -0.25) is 4.72 Å². The maximum absolute atomic E-state index is 11.9. The van der Waals surface area contributed by atoms with E-state index in [4.69, 9.17) is 16.3 Å². The molecule has 118 valence electrons. The molecule has 0 spiro atoms. The molecule has 0 aliphatic carbocycles. The highest BCUT2D eigenvalue weighted by Gasteiger charge is 2.10. The molecule has 0 amide bonds. The van der Waals surface area contributed by atoms with Crippen LogP contribution in [0.3, 0.4) is 0 Å². The summed E-state index contributed by atoms with van der Waals surface area (Å²) in [7, 11) is -1.91. The molecule has 2 aromatic carbocycles. The number of sulfonamides is 1. The van der Waals surface area contributed by atoms with Crippen LogP contribution in [0.25, 0.3) is 0 Å². The monoisotopic (exact) mass is 339 g/mol. The molecule has 0 aromatic heterocycles. The molecule has 2 rings (SSSR count). The van der Waals surface area contributed by atoms with Crippen molar-refractivity contribution in [2.24, 2.45) is 0 Å². The molecule has 0 aliphatic rings. The fourth-order valence-corrected chi connectivity index (χ4v) is 3.11. The first-order chi connectivity index (χ1) is 10.5. The van der Waals surface area contributed by atoms with E-state index in [1.165, 1.54) is 7.11 Å². The summed E-state index contributed by atoms with van der Waals surface area (Å²) in [5.41, 5.74) is 2.70. The number of anilines is 1. The van der Waals surface area contributed by atoms with Gasteiger partial charge in [0.15, 0.2) is 0 Å². The fraction of sp³-hybridized carbons (Fsp3) is 0.250. The molecule has 1 N–H and O–H groups in total. The zero-order valence-electron chi connectivity index (χ0n) is 12.3. The number of halogens is 1. The summed E-state index contributed by atoms with van der Waals surface area (Å²) >= 11 is 5.87. The Morgan fingerprint density at radius 1 is 1.09 bits per heavy atom. The number of ether oxygens (including phenoxy) is 1. The second-order valence-corrected chi connectivity index (χ2v) is 7.20. The van der Waals surface area contributed by atoms with Crippen LogP contribution in [0, 0.1) is 0 Å². The fourth-order valence-electron chi connectivity index (χ4n) is 2.01. The van der Waals surface area contributed by atoms with Gasteiger partial charge < -0.3 is 4.74 Å². The zero-order valence-corrected chi connectivity index (χ0v) is 13.8. The molecule has 0 saturated carbocycles. The van der Waals surface area contributed by atoms with Gasteiger partial charge in [0.2, 0.25) is 10.0 Å². The third-order valence-electron chi connectivity index (χ3n) is 3.08. The SMILES string of the molecule is COCCS(=O)(=O)Nc1cccc(Cc2ccc(Cl)cc2)c1. The maximum Gasteiger partial charge on any atom is 0.234 e. The summed E-state index contributed by atoms with van der Waals surface area (Å²) in [6.07, 6.45) is 0.713. The third-order valence-corrected chi connectivity index (χ3v) is 4.58. The number of hydrogen-bond acceptors (Lipinski definition) is 3. The van der Waals surface area contributed by atoms with Crippen molar-refractivity contribution in [2.45, 2.75) is 6.42 Å².